The van der Waals surface area contributed by atoms with Crippen LogP contribution in [0.4, 0.5) is 5.82 Å². The van der Waals surface area contributed by atoms with Crippen LogP contribution in [-0.2, 0) is 6.54 Å². The summed E-state index contributed by atoms with van der Waals surface area (Å²) in [6.07, 6.45) is 0. The summed E-state index contributed by atoms with van der Waals surface area (Å²) >= 11 is 3.08. The van der Waals surface area contributed by atoms with Crippen molar-refractivity contribution in [3.63, 3.8) is 0 Å². The van der Waals surface area contributed by atoms with E-state index in [-0.39, 0.29) is 28.6 Å². The summed E-state index contributed by atoms with van der Waals surface area (Å²) in [5.74, 6) is 3.71. The largest absolute Gasteiger partial charge is 0.404 e. The molecule has 1 amide bonds. The van der Waals surface area contributed by atoms with Gasteiger partial charge >= 0.3 is 17.6 Å². The smallest absolute Gasteiger partial charge is 0.358 e. The molecule has 2 heterocycles. The average Bonchev–Trinajstić information content (AvgIpc) is 2.98. The number of nitrogens with two attached hydrogens (primary N) is 1. The molecule has 11 nitrogen and oxygen atoms in total. The van der Waals surface area contributed by atoms with Crippen molar-refractivity contribution in [3.05, 3.63) is 32.0 Å². The molecule has 0 aliphatic carbocycles. The number of nitro groups is 1. The Morgan fingerprint density at radius 3 is 2.90 bits per heavy atom. The van der Waals surface area contributed by atoms with Crippen LogP contribution < -0.4 is 11.3 Å². The van der Waals surface area contributed by atoms with Crippen LogP contribution in [-0.4, -0.2) is 30.8 Å². The van der Waals surface area contributed by atoms with Gasteiger partial charge in [0.25, 0.3) is 0 Å². The third-order valence-electron chi connectivity index (χ3n) is 2.37. The maximum atomic E-state index is 11.1. The van der Waals surface area contributed by atoms with Crippen LogP contribution in [0.1, 0.15) is 22.2 Å². The third kappa shape index (κ3) is 2.50. The van der Waals surface area contributed by atoms with Gasteiger partial charge in [0, 0.05) is 0 Å². The second kappa shape index (κ2) is 5.34. The lowest BCUT2D eigenvalue weighted by Gasteiger charge is -1.93. The van der Waals surface area contributed by atoms with Gasteiger partial charge in [0.2, 0.25) is 0 Å². The molecule has 20 heavy (non-hydrogen) atoms. The molecule has 0 aliphatic rings. The average molecular weight is 346 g/mol. The predicted octanol–water partition coefficient (Wildman–Crippen LogP) is -0.103. The Labute approximate surface area is 119 Å². The van der Waals surface area contributed by atoms with E-state index in [0.29, 0.717) is 5.69 Å². The number of hydrazine groups is 1. The first-order valence-electron chi connectivity index (χ1n) is 5.15. The number of amides is 1. The first-order chi connectivity index (χ1) is 9.43. The highest BCUT2D eigenvalue weighted by atomic mass is 79.9. The Morgan fingerprint density at radius 1 is 1.65 bits per heavy atom. The number of nitrogen functional groups attached to an aromatic ring is 1. The highest BCUT2D eigenvalue weighted by Gasteiger charge is 2.24. The summed E-state index contributed by atoms with van der Waals surface area (Å²) in [5, 5.41) is 18.1. The van der Waals surface area contributed by atoms with Crippen LogP contribution in [0.5, 0.6) is 0 Å². The molecule has 0 unspecified atom stereocenters. The number of hydrogen-bond acceptors (Lipinski definition) is 8. The molecule has 0 spiro atoms. The summed E-state index contributed by atoms with van der Waals surface area (Å²) in [4.78, 5) is 25.1. The summed E-state index contributed by atoms with van der Waals surface area (Å²) in [7, 11) is 0. The van der Waals surface area contributed by atoms with Crippen molar-refractivity contribution in [2.75, 3.05) is 0 Å². The minimum Gasteiger partial charge on any atom is -0.358 e. The fraction of sp³-hybridized carbons (Fsp3) is 0.250. The quantitative estimate of drug-likeness (QED) is 0.336. The number of halogens is 1. The van der Waals surface area contributed by atoms with Gasteiger partial charge in [-0.05, 0) is 27.8 Å². The van der Waals surface area contributed by atoms with Gasteiger partial charge < -0.3 is 14.6 Å². The molecule has 106 valence electrons. The summed E-state index contributed by atoms with van der Waals surface area (Å²) < 4.78 is 6.26. The van der Waals surface area contributed by atoms with Gasteiger partial charge in [0.05, 0.1) is 10.8 Å². The number of rotatable bonds is 4. The van der Waals surface area contributed by atoms with Crippen molar-refractivity contribution in [2.24, 2.45) is 5.84 Å². The molecule has 2 aromatic heterocycles. The maximum absolute atomic E-state index is 11.1. The number of hydrogen-bond donors (Lipinski definition) is 2. The number of aromatic nitrogens is 4. The minimum atomic E-state index is -0.729. The van der Waals surface area contributed by atoms with E-state index < -0.39 is 10.8 Å². The van der Waals surface area contributed by atoms with E-state index in [1.807, 2.05) is 5.43 Å². The lowest BCUT2D eigenvalue weighted by Crippen LogP contribution is -2.30. The Morgan fingerprint density at radius 2 is 2.35 bits per heavy atom. The zero-order valence-electron chi connectivity index (χ0n) is 10.0. The second-order valence-corrected chi connectivity index (χ2v) is 4.42. The molecule has 0 saturated heterocycles. The van der Waals surface area contributed by atoms with Crippen molar-refractivity contribution >= 4 is 27.7 Å². The number of nitrogens with zero attached hydrogens (tertiary/aromatic N) is 5. The van der Waals surface area contributed by atoms with Gasteiger partial charge in [-0.1, -0.05) is 5.16 Å². The molecule has 0 radical (unpaired) electrons. The van der Waals surface area contributed by atoms with E-state index in [4.69, 9.17) is 5.84 Å². The van der Waals surface area contributed by atoms with Crippen LogP contribution >= 0.6 is 15.9 Å². The molecule has 0 saturated carbocycles. The Kier molecular flexibility index (Phi) is 3.76. The second-order valence-electron chi connectivity index (χ2n) is 3.63. The highest BCUT2D eigenvalue weighted by Crippen LogP contribution is 2.27. The van der Waals surface area contributed by atoms with Crippen LogP contribution in [0.15, 0.2) is 9.00 Å². The fourth-order valence-corrected chi connectivity index (χ4v) is 1.81. The van der Waals surface area contributed by atoms with Gasteiger partial charge in [0.15, 0.2) is 5.82 Å². The van der Waals surface area contributed by atoms with Crippen molar-refractivity contribution in [2.45, 2.75) is 13.5 Å². The van der Waals surface area contributed by atoms with Crippen molar-refractivity contribution in [1.29, 1.82) is 0 Å². The predicted molar refractivity (Wildman–Crippen MR) is 66.4 cm³/mol. The van der Waals surface area contributed by atoms with Crippen LogP contribution in [0.2, 0.25) is 0 Å². The van der Waals surface area contributed by atoms with E-state index in [2.05, 4.69) is 35.7 Å². The first kappa shape index (κ1) is 14.1. The van der Waals surface area contributed by atoms with Crippen LogP contribution in [0.25, 0.3) is 0 Å². The Hall–Kier alpha value is -2.34. The molecule has 0 aromatic carbocycles. The van der Waals surface area contributed by atoms with Gasteiger partial charge in [0.1, 0.15) is 11.0 Å². The molecule has 2 rings (SSSR count). The van der Waals surface area contributed by atoms with E-state index in [9.17, 15) is 14.9 Å². The Balaban J connectivity index is 2.26. The standard InChI is InChI=1S/C8H8BrN7O4/c1-3-5(9)6(16(18)19)13-15(3)2-4-11-8(20-14-4)7(17)12-10/h2,10H2,1H3,(H,12,17). The lowest BCUT2D eigenvalue weighted by atomic mass is 10.4. The lowest BCUT2D eigenvalue weighted by molar-refractivity contribution is -0.390. The molecule has 0 bridgehead atoms. The molecule has 0 atom stereocenters. The van der Waals surface area contributed by atoms with Crippen LogP contribution in [0.3, 0.4) is 0 Å². The van der Waals surface area contributed by atoms with Crippen LogP contribution in [0, 0.1) is 17.0 Å². The summed E-state index contributed by atoms with van der Waals surface area (Å²) in [6, 6.07) is 0. The summed E-state index contributed by atoms with van der Waals surface area (Å²) in [6.45, 7) is 1.65. The normalized spacial score (nSPS) is 10.6. The zero-order valence-corrected chi connectivity index (χ0v) is 11.6. The van der Waals surface area contributed by atoms with Crippen molar-refractivity contribution < 1.29 is 14.2 Å². The maximum Gasteiger partial charge on any atom is 0.404 e. The topological polar surface area (TPSA) is 155 Å². The number of carbonyl (C=O) groups excluding carboxylic acids is 1. The minimum absolute atomic E-state index is 0.0135. The van der Waals surface area contributed by atoms with E-state index in [1.54, 1.807) is 6.92 Å². The molecular formula is C8H8BrN7O4. The molecular weight excluding hydrogens is 338 g/mol. The number of carbonyl (C=O) groups is 1. The van der Waals surface area contributed by atoms with Crippen molar-refractivity contribution in [1.82, 2.24) is 25.3 Å². The van der Waals surface area contributed by atoms with Gasteiger partial charge in [-0.2, -0.15) is 9.67 Å². The van der Waals surface area contributed by atoms with E-state index in [1.165, 1.54) is 4.68 Å². The molecule has 0 fully saturated rings. The fourth-order valence-electron chi connectivity index (χ4n) is 1.39. The van der Waals surface area contributed by atoms with Gasteiger partial charge in [-0.3, -0.25) is 10.2 Å². The van der Waals surface area contributed by atoms with Gasteiger partial charge in [-0.15, -0.1) is 0 Å². The Bertz CT molecular complexity index is 678. The third-order valence-corrected chi connectivity index (χ3v) is 3.30. The van der Waals surface area contributed by atoms with E-state index in [0.717, 1.165) is 0 Å². The number of nitrogens with one attached hydrogen (secondary N) is 1. The first-order valence-corrected chi connectivity index (χ1v) is 5.94. The molecule has 0 aliphatic heterocycles. The van der Waals surface area contributed by atoms with Gasteiger partial charge in [-0.25, -0.2) is 5.84 Å². The molecule has 12 heteroatoms. The molecule has 2 aromatic rings. The molecule has 3 N–H and O–H groups in total. The van der Waals surface area contributed by atoms with Crippen molar-refractivity contribution in [3.8, 4) is 0 Å². The zero-order chi connectivity index (χ0) is 14.9. The van der Waals surface area contributed by atoms with E-state index >= 15 is 0 Å². The monoisotopic (exact) mass is 345 g/mol. The summed E-state index contributed by atoms with van der Waals surface area (Å²) in [5.41, 5.74) is 2.36. The highest BCUT2D eigenvalue weighted by molar-refractivity contribution is 9.10. The SMILES string of the molecule is Cc1c(Br)c([N+](=O)[O-])nn1Cc1noc(C(=O)NN)n1.